The minimum absolute atomic E-state index is 0.0388. The van der Waals surface area contributed by atoms with Crippen molar-refractivity contribution in [1.82, 2.24) is 5.32 Å². The summed E-state index contributed by atoms with van der Waals surface area (Å²) in [5, 5.41) is 3.55. The fourth-order valence-corrected chi connectivity index (χ4v) is 2.47. The van der Waals surface area contributed by atoms with Gasteiger partial charge < -0.3 is 5.32 Å². The van der Waals surface area contributed by atoms with Crippen molar-refractivity contribution in [2.24, 2.45) is 0 Å². The highest BCUT2D eigenvalue weighted by atomic mass is 35.5. The van der Waals surface area contributed by atoms with Gasteiger partial charge in [0.15, 0.2) is 0 Å². The van der Waals surface area contributed by atoms with Gasteiger partial charge in [-0.25, -0.2) is 0 Å². The first-order valence-electron chi connectivity index (χ1n) is 5.24. The number of thiophene rings is 1. The van der Waals surface area contributed by atoms with Crippen LogP contribution in [0.15, 0.2) is 36.4 Å². The lowest BCUT2D eigenvalue weighted by atomic mass is 10.2. The third-order valence-corrected chi connectivity index (χ3v) is 3.54. The molecule has 1 N–H and O–H groups in total. The highest BCUT2D eigenvalue weighted by molar-refractivity contribution is 7.13. The first kappa shape index (κ1) is 12.1. The van der Waals surface area contributed by atoms with Crippen LogP contribution in [-0.4, -0.2) is 5.91 Å². The molecule has 0 saturated carbocycles. The molecule has 2 rings (SSSR count). The summed E-state index contributed by atoms with van der Waals surface area (Å²) in [5.41, 5.74) is 0.999. The number of carbonyl (C=O) groups is 1. The minimum Gasteiger partial charge on any atom is -0.347 e. The number of halogens is 1. The quantitative estimate of drug-likeness (QED) is 0.902. The number of carbonyl (C=O) groups excluding carboxylic acids is 1. The summed E-state index contributed by atoms with van der Waals surface area (Å²) in [6.07, 6.45) is 0. The molecule has 0 aliphatic carbocycles. The summed E-state index contributed by atoms with van der Waals surface area (Å²) in [7, 11) is 0. The number of rotatable bonds is 3. The first-order chi connectivity index (χ1) is 8.15. The van der Waals surface area contributed by atoms with E-state index in [2.05, 4.69) is 5.32 Å². The van der Waals surface area contributed by atoms with E-state index in [1.165, 1.54) is 11.3 Å². The van der Waals surface area contributed by atoms with E-state index >= 15 is 0 Å². The average Bonchev–Trinajstić information content (AvgIpc) is 2.73. The average molecular weight is 266 g/mol. The van der Waals surface area contributed by atoms with Crippen LogP contribution in [0.1, 0.15) is 20.1 Å². The second kappa shape index (κ2) is 5.34. The number of benzene rings is 1. The number of nitrogens with one attached hydrogen (secondary N) is 1. The van der Waals surface area contributed by atoms with Crippen LogP contribution in [0.5, 0.6) is 0 Å². The highest BCUT2D eigenvalue weighted by Gasteiger charge is 2.07. The molecule has 1 heterocycles. The van der Waals surface area contributed by atoms with Gasteiger partial charge in [-0.2, -0.15) is 0 Å². The predicted octanol–water partition coefficient (Wildman–Crippen LogP) is 3.64. The molecular weight excluding hydrogens is 254 g/mol. The molecule has 0 aliphatic heterocycles. The molecule has 1 aromatic carbocycles. The Bertz CT molecular complexity index is 536. The van der Waals surface area contributed by atoms with Gasteiger partial charge in [0.05, 0.1) is 4.88 Å². The molecule has 2 nitrogen and oxygen atoms in total. The van der Waals surface area contributed by atoms with Crippen LogP contribution in [0.4, 0.5) is 0 Å². The van der Waals surface area contributed by atoms with Gasteiger partial charge in [-0.05, 0) is 36.8 Å². The van der Waals surface area contributed by atoms with Gasteiger partial charge in [0.1, 0.15) is 0 Å². The topological polar surface area (TPSA) is 29.1 Å². The molecule has 0 spiro atoms. The Hall–Kier alpha value is -1.32. The van der Waals surface area contributed by atoms with E-state index in [-0.39, 0.29) is 5.91 Å². The Morgan fingerprint density at radius 2 is 2.18 bits per heavy atom. The van der Waals surface area contributed by atoms with Crippen LogP contribution in [0, 0.1) is 6.92 Å². The second-order valence-corrected chi connectivity index (χ2v) is 5.45. The van der Waals surface area contributed by atoms with Crippen LogP contribution < -0.4 is 5.32 Å². The molecule has 0 fully saturated rings. The van der Waals surface area contributed by atoms with Crippen molar-refractivity contribution in [3.63, 3.8) is 0 Å². The summed E-state index contributed by atoms with van der Waals surface area (Å²) < 4.78 is 0. The van der Waals surface area contributed by atoms with Crippen molar-refractivity contribution in [1.29, 1.82) is 0 Å². The fourth-order valence-electron chi connectivity index (χ4n) is 1.47. The van der Waals surface area contributed by atoms with Gasteiger partial charge in [0, 0.05) is 16.4 Å². The van der Waals surface area contributed by atoms with Gasteiger partial charge in [0.2, 0.25) is 0 Å². The maximum absolute atomic E-state index is 11.8. The first-order valence-corrected chi connectivity index (χ1v) is 6.43. The van der Waals surface area contributed by atoms with Crippen LogP contribution in [-0.2, 0) is 6.54 Å². The molecule has 0 atom stereocenters. The van der Waals surface area contributed by atoms with Crippen LogP contribution in [0.2, 0.25) is 5.02 Å². The lowest BCUT2D eigenvalue weighted by Gasteiger charge is -2.04. The molecule has 88 valence electrons. The molecule has 2 aromatic rings. The Labute approximate surface area is 109 Å². The smallest absolute Gasteiger partial charge is 0.261 e. The molecule has 0 radical (unpaired) electrons. The second-order valence-electron chi connectivity index (χ2n) is 3.72. The molecule has 0 aliphatic rings. The third kappa shape index (κ3) is 3.32. The van der Waals surface area contributed by atoms with E-state index in [0.717, 1.165) is 15.3 Å². The normalized spacial score (nSPS) is 10.2. The zero-order chi connectivity index (χ0) is 12.3. The van der Waals surface area contributed by atoms with Gasteiger partial charge in [-0.3, -0.25) is 4.79 Å². The molecule has 1 amide bonds. The van der Waals surface area contributed by atoms with Gasteiger partial charge in [0.25, 0.3) is 5.91 Å². The third-order valence-electron chi connectivity index (χ3n) is 2.31. The summed E-state index contributed by atoms with van der Waals surface area (Å²) in [5.74, 6) is -0.0388. The largest absolute Gasteiger partial charge is 0.347 e. The van der Waals surface area contributed by atoms with E-state index in [1.807, 2.05) is 43.3 Å². The fraction of sp³-hybridized carbons (Fsp3) is 0.154. The SMILES string of the molecule is Cc1ccc(C(=O)NCc2cccc(Cl)c2)s1. The number of amides is 1. The predicted molar refractivity (Wildman–Crippen MR) is 71.7 cm³/mol. The summed E-state index contributed by atoms with van der Waals surface area (Å²) in [4.78, 5) is 13.7. The molecule has 0 saturated heterocycles. The van der Waals surface area contributed by atoms with Crippen molar-refractivity contribution < 1.29 is 4.79 Å². The number of hydrogen-bond acceptors (Lipinski definition) is 2. The lowest BCUT2D eigenvalue weighted by molar-refractivity contribution is 0.0955. The number of hydrogen-bond donors (Lipinski definition) is 1. The Morgan fingerprint density at radius 1 is 1.35 bits per heavy atom. The Morgan fingerprint density at radius 3 is 2.82 bits per heavy atom. The summed E-state index contributed by atoms with van der Waals surface area (Å²) in [6, 6.07) is 11.3. The van der Waals surface area contributed by atoms with Crippen molar-refractivity contribution in [2.75, 3.05) is 0 Å². The number of aryl methyl sites for hydroxylation is 1. The van der Waals surface area contributed by atoms with Gasteiger partial charge in [-0.15, -0.1) is 11.3 Å². The molecule has 0 unspecified atom stereocenters. The van der Waals surface area contributed by atoms with E-state index in [9.17, 15) is 4.79 Å². The zero-order valence-electron chi connectivity index (χ0n) is 9.37. The molecule has 17 heavy (non-hydrogen) atoms. The highest BCUT2D eigenvalue weighted by Crippen LogP contribution is 2.15. The molecular formula is C13H12ClNOS. The van der Waals surface area contributed by atoms with Gasteiger partial charge in [-0.1, -0.05) is 23.7 Å². The van der Waals surface area contributed by atoms with E-state index < -0.39 is 0 Å². The van der Waals surface area contributed by atoms with E-state index in [0.29, 0.717) is 11.6 Å². The van der Waals surface area contributed by atoms with Crippen molar-refractivity contribution in [2.45, 2.75) is 13.5 Å². The van der Waals surface area contributed by atoms with Crippen LogP contribution >= 0.6 is 22.9 Å². The van der Waals surface area contributed by atoms with Crippen LogP contribution in [0.3, 0.4) is 0 Å². The lowest BCUT2D eigenvalue weighted by Crippen LogP contribution is -2.21. The Kier molecular flexibility index (Phi) is 3.82. The minimum atomic E-state index is -0.0388. The maximum atomic E-state index is 11.8. The standard InChI is InChI=1S/C13H12ClNOS/c1-9-5-6-12(17-9)13(16)15-8-10-3-2-4-11(14)7-10/h2-7H,8H2,1H3,(H,15,16). The monoisotopic (exact) mass is 265 g/mol. The van der Waals surface area contributed by atoms with Crippen molar-refractivity contribution >= 4 is 28.8 Å². The summed E-state index contributed by atoms with van der Waals surface area (Å²) in [6.45, 7) is 2.48. The maximum Gasteiger partial charge on any atom is 0.261 e. The van der Waals surface area contributed by atoms with E-state index in [4.69, 9.17) is 11.6 Å². The molecule has 1 aromatic heterocycles. The van der Waals surface area contributed by atoms with Crippen molar-refractivity contribution in [3.05, 3.63) is 56.7 Å². The summed E-state index contributed by atoms with van der Waals surface area (Å²) >= 11 is 7.37. The van der Waals surface area contributed by atoms with Gasteiger partial charge >= 0.3 is 0 Å². The van der Waals surface area contributed by atoms with E-state index in [1.54, 1.807) is 0 Å². The molecule has 0 bridgehead atoms. The van der Waals surface area contributed by atoms with Crippen LogP contribution in [0.25, 0.3) is 0 Å². The molecule has 4 heteroatoms. The Balaban J connectivity index is 1.97. The zero-order valence-corrected chi connectivity index (χ0v) is 10.9. The van der Waals surface area contributed by atoms with Crippen molar-refractivity contribution in [3.8, 4) is 0 Å².